The number of H-pyrrole nitrogens is 2. The molecular weight excluding hydrogens is 258 g/mol. The number of hydrogen-bond donors (Lipinski definition) is 3. The molecule has 2 aromatic rings. The predicted octanol–water partition coefficient (Wildman–Crippen LogP) is 0.558. The molecule has 0 radical (unpaired) electrons. The standard InChI is InChI=1S/C10H8ClN5O2/c11-7-4-2-1-3-6(7)5-12-14-8-9(17)13-10(18)16-15-8/h1-5H,(H,14,15)(H2,13,16,17,18). The molecule has 0 amide bonds. The molecule has 0 aliphatic heterocycles. The third-order valence-electron chi connectivity index (χ3n) is 1.99. The van der Waals surface area contributed by atoms with Gasteiger partial charge in [0.05, 0.1) is 6.21 Å². The Morgan fingerprint density at radius 2 is 2.11 bits per heavy atom. The van der Waals surface area contributed by atoms with Gasteiger partial charge in [0.25, 0.3) is 5.56 Å². The van der Waals surface area contributed by atoms with Gasteiger partial charge in [-0.05, 0) is 6.07 Å². The molecule has 0 atom stereocenters. The molecular formula is C10H8ClN5O2. The second-order valence-corrected chi connectivity index (χ2v) is 3.65. The Morgan fingerprint density at radius 1 is 1.33 bits per heavy atom. The van der Waals surface area contributed by atoms with E-state index in [1.54, 1.807) is 24.3 Å². The Kier molecular flexibility index (Phi) is 3.54. The second kappa shape index (κ2) is 5.28. The molecule has 2 rings (SSSR count). The van der Waals surface area contributed by atoms with E-state index in [0.717, 1.165) is 0 Å². The maximum absolute atomic E-state index is 11.2. The number of hydrazone groups is 1. The summed E-state index contributed by atoms with van der Waals surface area (Å²) in [7, 11) is 0. The zero-order chi connectivity index (χ0) is 13.0. The van der Waals surface area contributed by atoms with Crippen molar-refractivity contribution in [3.63, 3.8) is 0 Å². The summed E-state index contributed by atoms with van der Waals surface area (Å²) in [6, 6.07) is 7.07. The van der Waals surface area contributed by atoms with Crippen LogP contribution in [0.25, 0.3) is 0 Å². The molecule has 1 aromatic carbocycles. The highest BCUT2D eigenvalue weighted by atomic mass is 35.5. The van der Waals surface area contributed by atoms with Crippen LogP contribution in [0.2, 0.25) is 5.02 Å². The van der Waals surface area contributed by atoms with Crippen molar-refractivity contribution in [1.82, 2.24) is 15.2 Å². The van der Waals surface area contributed by atoms with Crippen LogP contribution in [-0.2, 0) is 0 Å². The van der Waals surface area contributed by atoms with Crippen LogP contribution in [0.15, 0.2) is 39.0 Å². The first-order valence-corrected chi connectivity index (χ1v) is 5.27. The zero-order valence-electron chi connectivity index (χ0n) is 8.98. The topological polar surface area (TPSA) is 103 Å². The molecule has 0 bridgehead atoms. The Bertz CT molecular complexity index is 691. The molecule has 0 aliphatic rings. The van der Waals surface area contributed by atoms with Crippen LogP contribution in [-0.4, -0.2) is 21.4 Å². The summed E-state index contributed by atoms with van der Waals surface area (Å²) in [6.07, 6.45) is 1.44. The minimum atomic E-state index is -0.680. The largest absolute Gasteiger partial charge is 0.342 e. The van der Waals surface area contributed by atoms with Gasteiger partial charge in [0.2, 0.25) is 5.82 Å². The smallest absolute Gasteiger partial charge is 0.270 e. The lowest BCUT2D eigenvalue weighted by atomic mass is 10.2. The van der Waals surface area contributed by atoms with Crippen molar-refractivity contribution in [1.29, 1.82) is 0 Å². The molecule has 0 aliphatic carbocycles. The predicted molar refractivity (Wildman–Crippen MR) is 68.1 cm³/mol. The summed E-state index contributed by atoms with van der Waals surface area (Å²) in [5.41, 5.74) is 1.75. The monoisotopic (exact) mass is 265 g/mol. The minimum absolute atomic E-state index is 0.113. The highest BCUT2D eigenvalue weighted by molar-refractivity contribution is 6.33. The van der Waals surface area contributed by atoms with Gasteiger partial charge in [0, 0.05) is 10.6 Å². The number of rotatable bonds is 3. The van der Waals surface area contributed by atoms with Crippen LogP contribution < -0.4 is 16.7 Å². The molecule has 3 N–H and O–H groups in total. The summed E-state index contributed by atoms with van der Waals surface area (Å²) in [6.45, 7) is 0. The normalized spacial score (nSPS) is 10.7. The van der Waals surface area contributed by atoms with E-state index in [4.69, 9.17) is 11.6 Å². The van der Waals surface area contributed by atoms with E-state index in [9.17, 15) is 9.59 Å². The van der Waals surface area contributed by atoms with Gasteiger partial charge in [0.15, 0.2) is 0 Å². The molecule has 0 unspecified atom stereocenters. The van der Waals surface area contributed by atoms with Crippen molar-refractivity contribution in [3.8, 4) is 0 Å². The lowest BCUT2D eigenvalue weighted by Crippen LogP contribution is -2.25. The van der Waals surface area contributed by atoms with E-state index in [1.807, 2.05) is 4.98 Å². The van der Waals surface area contributed by atoms with E-state index in [2.05, 4.69) is 20.7 Å². The summed E-state index contributed by atoms with van der Waals surface area (Å²) in [4.78, 5) is 24.0. The average Bonchev–Trinajstić information content (AvgIpc) is 2.34. The number of anilines is 1. The molecule has 0 saturated heterocycles. The Hall–Kier alpha value is -2.41. The van der Waals surface area contributed by atoms with Crippen LogP contribution in [0.5, 0.6) is 0 Å². The van der Waals surface area contributed by atoms with E-state index in [0.29, 0.717) is 10.6 Å². The van der Waals surface area contributed by atoms with Crippen LogP contribution in [0.4, 0.5) is 5.82 Å². The van der Waals surface area contributed by atoms with Crippen molar-refractivity contribution in [2.24, 2.45) is 5.10 Å². The number of hydrogen-bond acceptors (Lipinski definition) is 5. The van der Waals surface area contributed by atoms with Gasteiger partial charge in [-0.3, -0.25) is 15.2 Å². The Labute approximate surface area is 106 Å². The molecule has 92 valence electrons. The zero-order valence-corrected chi connectivity index (χ0v) is 9.73. The summed E-state index contributed by atoms with van der Waals surface area (Å²) in [5, 5.41) is 9.90. The fourth-order valence-corrected chi connectivity index (χ4v) is 1.35. The van der Waals surface area contributed by atoms with Crippen LogP contribution in [0.3, 0.4) is 0 Å². The molecule has 18 heavy (non-hydrogen) atoms. The molecule has 1 heterocycles. The molecule has 0 saturated carbocycles. The third-order valence-corrected chi connectivity index (χ3v) is 2.33. The summed E-state index contributed by atoms with van der Waals surface area (Å²) in [5.74, 6) is -0.113. The first kappa shape index (κ1) is 12.1. The summed E-state index contributed by atoms with van der Waals surface area (Å²) < 4.78 is 0. The van der Waals surface area contributed by atoms with Crippen LogP contribution in [0.1, 0.15) is 5.56 Å². The van der Waals surface area contributed by atoms with Gasteiger partial charge < -0.3 is 0 Å². The van der Waals surface area contributed by atoms with Gasteiger partial charge in [-0.25, -0.2) is 9.89 Å². The SMILES string of the molecule is O=c1[nH]nc(NN=Cc2ccccc2Cl)c(=O)[nH]1. The first-order valence-electron chi connectivity index (χ1n) is 4.89. The second-order valence-electron chi connectivity index (χ2n) is 3.25. The van der Waals surface area contributed by atoms with Gasteiger partial charge in [-0.2, -0.15) is 5.10 Å². The van der Waals surface area contributed by atoms with Crippen molar-refractivity contribution in [2.75, 3.05) is 5.43 Å². The fraction of sp³-hybridized carbons (Fsp3) is 0. The van der Waals surface area contributed by atoms with Crippen LogP contribution >= 0.6 is 11.6 Å². The van der Waals surface area contributed by atoms with Gasteiger partial charge >= 0.3 is 5.69 Å². The Balaban J connectivity index is 2.15. The fourth-order valence-electron chi connectivity index (χ4n) is 1.17. The van der Waals surface area contributed by atoms with Gasteiger partial charge in [-0.1, -0.05) is 29.8 Å². The lowest BCUT2D eigenvalue weighted by molar-refractivity contribution is 0.890. The average molecular weight is 266 g/mol. The number of nitrogens with one attached hydrogen (secondary N) is 3. The minimum Gasteiger partial charge on any atom is -0.270 e. The molecule has 0 fully saturated rings. The van der Waals surface area contributed by atoms with Crippen molar-refractivity contribution in [3.05, 3.63) is 55.7 Å². The molecule has 1 aromatic heterocycles. The van der Waals surface area contributed by atoms with E-state index in [1.165, 1.54) is 6.21 Å². The van der Waals surface area contributed by atoms with Gasteiger partial charge in [0.1, 0.15) is 0 Å². The highest BCUT2D eigenvalue weighted by Crippen LogP contribution is 2.12. The maximum Gasteiger partial charge on any atom is 0.342 e. The van der Waals surface area contributed by atoms with E-state index >= 15 is 0 Å². The molecule has 7 nitrogen and oxygen atoms in total. The van der Waals surface area contributed by atoms with Gasteiger partial charge in [-0.15, -0.1) is 5.10 Å². The van der Waals surface area contributed by atoms with Crippen LogP contribution in [0, 0.1) is 0 Å². The summed E-state index contributed by atoms with van der Waals surface area (Å²) >= 11 is 5.91. The first-order chi connectivity index (χ1) is 8.66. The Morgan fingerprint density at radius 3 is 2.83 bits per heavy atom. The van der Waals surface area contributed by atoms with E-state index in [-0.39, 0.29) is 5.82 Å². The third kappa shape index (κ3) is 2.83. The molecule has 0 spiro atoms. The van der Waals surface area contributed by atoms with E-state index < -0.39 is 11.2 Å². The number of aromatic nitrogens is 3. The highest BCUT2D eigenvalue weighted by Gasteiger charge is 1.99. The van der Waals surface area contributed by atoms with Crippen molar-refractivity contribution in [2.45, 2.75) is 0 Å². The lowest BCUT2D eigenvalue weighted by Gasteiger charge is -1.97. The maximum atomic E-state index is 11.2. The van der Waals surface area contributed by atoms with Crippen molar-refractivity contribution >= 4 is 23.6 Å². The quantitative estimate of drug-likeness (QED) is 0.557. The number of aromatic amines is 2. The number of nitrogens with zero attached hydrogens (tertiary/aromatic N) is 2. The molecule has 8 heteroatoms. The number of benzene rings is 1. The van der Waals surface area contributed by atoms with Crippen molar-refractivity contribution < 1.29 is 0 Å². The number of halogens is 1.